The maximum Gasteiger partial charge on any atom is 0.191 e. The van der Waals surface area contributed by atoms with Gasteiger partial charge in [-0.2, -0.15) is 0 Å². The van der Waals surface area contributed by atoms with E-state index in [2.05, 4.69) is 21.7 Å². The van der Waals surface area contributed by atoms with Crippen molar-refractivity contribution in [3.8, 4) is 0 Å². The molecule has 144 valence electrons. The van der Waals surface area contributed by atoms with Crippen LogP contribution in [0.5, 0.6) is 0 Å². The zero-order valence-electron chi connectivity index (χ0n) is 15.0. The highest BCUT2D eigenvalue weighted by molar-refractivity contribution is 14.0. The summed E-state index contributed by atoms with van der Waals surface area (Å²) in [5.74, 6) is 0.404. The normalized spacial score (nSPS) is 12.5. The fourth-order valence-corrected chi connectivity index (χ4v) is 3.71. The molecule has 0 saturated carbocycles. The molecule has 0 fully saturated rings. The molecule has 0 bridgehead atoms. The molecule has 4 nitrogen and oxygen atoms in total. The Morgan fingerprint density at radius 3 is 2.59 bits per heavy atom. The van der Waals surface area contributed by atoms with Crippen molar-refractivity contribution in [2.24, 2.45) is 4.99 Å². The molecule has 1 aromatic heterocycles. The molecular formula is C20H23FIN3OS. The third kappa shape index (κ3) is 6.15. The Bertz CT molecular complexity index is 849. The van der Waals surface area contributed by atoms with Gasteiger partial charge in [0.1, 0.15) is 11.9 Å². The van der Waals surface area contributed by atoms with Crippen molar-refractivity contribution < 1.29 is 9.50 Å². The summed E-state index contributed by atoms with van der Waals surface area (Å²) in [5.41, 5.74) is 1.06. The summed E-state index contributed by atoms with van der Waals surface area (Å²) in [6.45, 7) is 1.05. The number of hydrogen-bond acceptors (Lipinski definition) is 3. The maximum absolute atomic E-state index is 12.9. The third-order valence-corrected chi connectivity index (χ3v) is 5.30. The van der Waals surface area contributed by atoms with Crippen LogP contribution in [0.1, 0.15) is 16.5 Å². The molecule has 3 N–H and O–H groups in total. The van der Waals surface area contributed by atoms with Gasteiger partial charge in [0.25, 0.3) is 0 Å². The predicted octanol–water partition coefficient (Wildman–Crippen LogP) is 4.10. The van der Waals surface area contributed by atoms with Crippen molar-refractivity contribution in [2.45, 2.75) is 12.5 Å². The minimum Gasteiger partial charge on any atom is -0.386 e. The summed E-state index contributed by atoms with van der Waals surface area (Å²) < 4.78 is 14.1. The van der Waals surface area contributed by atoms with Gasteiger partial charge in [-0.25, -0.2) is 4.39 Å². The number of aliphatic hydroxyl groups is 1. The van der Waals surface area contributed by atoms with Crippen LogP contribution in [0.15, 0.2) is 59.6 Å². The van der Waals surface area contributed by atoms with Gasteiger partial charge >= 0.3 is 0 Å². The number of hydrogen-bond donors (Lipinski definition) is 3. The fraction of sp³-hybridized carbons (Fsp3) is 0.250. The van der Waals surface area contributed by atoms with Crippen molar-refractivity contribution in [1.29, 1.82) is 0 Å². The Morgan fingerprint density at radius 2 is 1.89 bits per heavy atom. The van der Waals surface area contributed by atoms with Crippen molar-refractivity contribution in [2.75, 3.05) is 20.1 Å². The van der Waals surface area contributed by atoms with E-state index >= 15 is 0 Å². The van der Waals surface area contributed by atoms with E-state index in [4.69, 9.17) is 0 Å². The van der Waals surface area contributed by atoms with Crippen LogP contribution in [0.25, 0.3) is 10.1 Å². The Kier molecular flexibility index (Phi) is 8.46. The number of nitrogens with zero attached hydrogens (tertiary/aromatic N) is 1. The summed E-state index contributed by atoms with van der Waals surface area (Å²) >= 11 is 1.60. The van der Waals surface area contributed by atoms with Gasteiger partial charge in [-0.15, -0.1) is 35.3 Å². The second kappa shape index (κ2) is 10.6. The molecule has 1 unspecified atom stereocenters. The zero-order valence-corrected chi connectivity index (χ0v) is 18.1. The molecule has 0 aliphatic heterocycles. The molecule has 3 aromatic rings. The average molecular weight is 499 g/mol. The van der Waals surface area contributed by atoms with Crippen molar-refractivity contribution in [3.63, 3.8) is 0 Å². The van der Waals surface area contributed by atoms with E-state index in [1.165, 1.54) is 16.8 Å². The highest BCUT2D eigenvalue weighted by Gasteiger charge is 2.12. The number of nitrogens with one attached hydrogen (secondary N) is 2. The predicted molar refractivity (Wildman–Crippen MR) is 122 cm³/mol. The molecular weight excluding hydrogens is 476 g/mol. The molecule has 3 rings (SSSR count). The minimum absolute atomic E-state index is 0. The molecule has 1 atom stereocenters. The third-order valence-electron chi connectivity index (χ3n) is 4.08. The molecule has 7 heteroatoms. The van der Waals surface area contributed by atoms with Crippen molar-refractivity contribution >= 4 is 51.4 Å². The van der Waals surface area contributed by atoms with E-state index in [0.29, 0.717) is 19.0 Å². The van der Waals surface area contributed by atoms with E-state index in [1.807, 2.05) is 24.3 Å². The average Bonchev–Trinajstić information content (AvgIpc) is 3.10. The van der Waals surface area contributed by atoms with Gasteiger partial charge in [-0.1, -0.05) is 30.3 Å². The summed E-state index contributed by atoms with van der Waals surface area (Å²) in [5, 5.41) is 17.9. The Labute approximate surface area is 179 Å². The number of fused-ring (bicyclic) bond motifs is 1. The molecule has 1 heterocycles. The van der Waals surface area contributed by atoms with E-state index < -0.39 is 6.10 Å². The number of guanidine groups is 1. The smallest absolute Gasteiger partial charge is 0.191 e. The second-order valence-corrected chi connectivity index (χ2v) is 7.07. The van der Waals surface area contributed by atoms with Crippen LogP contribution in [0.4, 0.5) is 4.39 Å². The summed E-state index contributed by atoms with van der Waals surface area (Å²) in [4.78, 5) is 5.10. The van der Waals surface area contributed by atoms with Gasteiger partial charge in [-0.3, -0.25) is 4.99 Å². The van der Waals surface area contributed by atoms with Gasteiger partial charge in [0.05, 0.1) is 0 Å². The lowest BCUT2D eigenvalue weighted by Gasteiger charge is -2.14. The lowest BCUT2D eigenvalue weighted by molar-refractivity contribution is 0.184. The van der Waals surface area contributed by atoms with Crippen molar-refractivity contribution in [1.82, 2.24) is 10.6 Å². The highest BCUT2D eigenvalue weighted by atomic mass is 127. The SMILES string of the molecule is CN=C(NCCc1ccc(F)cc1)NCC(O)c1cc2ccccc2s1.I. The second-order valence-electron chi connectivity index (χ2n) is 5.96. The van der Waals surface area contributed by atoms with Crippen LogP contribution in [0.3, 0.4) is 0 Å². The van der Waals surface area contributed by atoms with Gasteiger partial charge in [0, 0.05) is 29.7 Å². The first-order valence-electron chi connectivity index (χ1n) is 8.51. The first-order valence-corrected chi connectivity index (χ1v) is 9.33. The number of halogens is 2. The van der Waals surface area contributed by atoms with Gasteiger partial charge in [0.2, 0.25) is 0 Å². The standard InChI is InChI=1S/C20H22FN3OS.HI/c1-22-20(23-11-10-14-6-8-16(21)9-7-14)24-13-17(25)19-12-15-4-2-3-5-18(15)26-19;/h2-9,12,17,25H,10-11,13H2,1H3,(H2,22,23,24);1H. The maximum atomic E-state index is 12.9. The number of aliphatic imine (C=N–C) groups is 1. The summed E-state index contributed by atoms with van der Waals surface area (Å²) in [6, 6.07) is 16.6. The van der Waals surface area contributed by atoms with Gasteiger partial charge < -0.3 is 15.7 Å². The van der Waals surface area contributed by atoms with Gasteiger partial charge in [-0.05, 0) is 41.6 Å². The van der Waals surface area contributed by atoms with E-state index in [-0.39, 0.29) is 29.8 Å². The van der Waals surface area contributed by atoms with Crippen LogP contribution in [0.2, 0.25) is 0 Å². The largest absolute Gasteiger partial charge is 0.386 e. The lowest BCUT2D eigenvalue weighted by atomic mass is 10.1. The molecule has 0 aliphatic carbocycles. The Hall–Kier alpha value is -1.71. The number of benzene rings is 2. The topological polar surface area (TPSA) is 56.7 Å². The fourth-order valence-electron chi connectivity index (χ4n) is 2.66. The zero-order chi connectivity index (χ0) is 18.4. The van der Waals surface area contributed by atoms with Crippen LogP contribution in [0, 0.1) is 5.82 Å². The van der Waals surface area contributed by atoms with Crippen LogP contribution in [-0.4, -0.2) is 31.2 Å². The Morgan fingerprint density at radius 1 is 1.15 bits per heavy atom. The van der Waals surface area contributed by atoms with E-state index in [1.54, 1.807) is 30.5 Å². The molecule has 27 heavy (non-hydrogen) atoms. The first kappa shape index (κ1) is 21.6. The monoisotopic (exact) mass is 499 g/mol. The molecule has 0 aliphatic rings. The number of rotatable bonds is 6. The summed E-state index contributed by atoms with van der Waals surface area (Å²) in [6.07, 6.45) is 0.169. The first-order chi connectivity index (χ1) is 12.7. The van der Waals surface area contributed by atoms with Crippen molar-refractivity contribution in [3.05, 3.63) is 70.9 Å². The molecule has 0 saturated heterocycles. The molecule has 2 aromatic carbocycles. The summed E-state index contributed by atoms with van der Waals surface area (Å²) in [7, 11) is 1.69. The molecule has 0 radical (unpaired) electrons. The lowest BCUT2D eigenvalue weighted by Crippen LogP contribution is -2.40. The quantitative estimate of drug-likeness (QED) is 0.272. The van der Waals surface area contributed by atoms with E-state index in [9.17, 15) is 9.50 Å². The Balaban J connectivity index is 0.00000261. The highest BCUT2D eigenvalue weighted by Crippen LogP contribution is 2.29. The number of aliphatic hydroxyl groups excluding tert-OH is 1. The van der Waals surface area contributed by atoms with E-state index in [0.717, 1.165) is 22.2 Å². The molecule has 0 amide bonds. The molecule has 0 spiro atoms. The van der Waals surface area contributed by atoms with Crippen LogP contribution in [-0.2, 0) is 6.42 Å². The van der Waals surface area contributed by atoms with Crippen LogP contribution < -0.4 is 10.6 Å². The van der Waals surface area contributed by atoms with Crippen LogP contribution >= 0.6 is 35.3 Å². The van der Waals surface area contributed by atoms with Gasteiger partial charge in [0.15, 0.2) is 5.96 Å². The minimum atomic E-state index is -0.594. The number of thiophene rings is 1.